The van der Waals surface area contributed by atoms with E-state index in [-0.39, 0.29) is 0 Å². The third-order valence-corrected chi connectivity index (χ3v) is 3.21. The van der Waals surface area contributed by atoms with Gasteiger partial charge in [0.1, 0.15) is 5.75 Å². The zero-order valence-corrected chi connectivity index (χ0v) is 9.87. The summed E-state index contributed by atoms with van der Waals surface area (Å²) < 4.78 is 0. The highest BCUT2D eigenvalue weighted by molar-refractivity contribution is 5.50. The maximum atomic E-state index is 9.81. The fraction of sp³-hybridized carbons (Fsp3) is 0.538. The van der Waals surface area contributed by atoms with E-state index >= 15 is 0 Å². The van der Waals surface area contributed by atoms with Crippen LogP contribution in [0.4, 0.5) is 5.69 Å². The summed E-state index contributed by atoms with van der Waals surface area (Å²) in [5, 5.41) is 12.9. The first kappa shape index (κ1) is 11.3. The van der Waals surface area contributed by atoms with E-state index in [9.17, 15) is 5.11 Å². The first-order chi connectivity index (χ1) is 7.79. The molecule has 88 valence electrons. The second-order valence-corrected chi connectivity index (χ2v) is 4.43. The van der Waals surface area contributed by atoms with Crippen LogP contribution in [0.2, 0.25) is 0 Å². The maximum Gasteiger partial charge on any atom is 0.120 e. The highest BCUT2D eigenvalue weighted by atomic mass is 16.3. The van der Waals surface area contributed by atoms with Gasteiger partial charge >= 0.3 is 0 Å². The number of phenols is 1. The number of anilines is 1. The van der Waals surface area contributed by atoms with E-state index in [0.717, 1.165) is 30.9 Å². The molecule has 3 heteroatoms. The minimum atomic E-state index is 0.407. The molecule has 1 aliphatic heterocycles. The Morgan fingerprint density at radius 2 is 2.00 bits per heavy atom. The molecule has 0 atom stereocenters. The molecule has 0 saturated carbocycles. The van der Waals surface area contributed by atoms with Gasteiger partial charge in [-0.3, -0.25) is 4.90 Å². The Kier molecular flexibility index (Phi) is 3.67. The monoisotopic (exact) mass is 220 g/mol. The van der Waals surface area contributed by atoms with Crippen molar-refractivity contribution in [3.63, 3.8) is 0 Å². The van der Waals surface area contributed by atoms with Crippen LogP contribution in [0.1, 0.15) is 24.8 Å². The number of nitrogens with zero attached hydrogens (tertiary/aromatic N) is 1. The highest BCUT2D eigenvalue weighted by Crippen LogP contribution is 2.24. The van der Waals surface area contributed by atoms with Crippen molar-refractivity contribution in [2.75, 3.05) is 25.5 Å². The van der Waals surface area contributed by atoms with Crippen molar-refractivity contribution in [2.45, 2.75) is 25.8 Å². The third kappa shape index (κ3) is 2.67. The molecule has 1 fully saturated rings. The quantitative estimate of drug-likeness (QED) is 0.768. The minimum Gasteiger partial charge on any atom is -0.508 e. The first-order valence-electron chi connectivity index (χ1n) is 6.01. The van der Waals surface area contributed by atoms with Gasteiger partial charge in [0.15, 0.2) is 0 Å². The van der Waals surface area contributed by atoms with Gasteiger partial charge in [-0.25, -0.2) is 0 Å². The Balaban J connectivity index is 2.06. The number of hydrogen-bond donors (Lipinski definition) is 2. The predicted octanol–water partition coefficient (Wildman–Crippen LogP) is 2.42. The summed E-state index contributed by atoms with van der Waals surface area (Å²) in [7, 11) is 1.90. The number of phenolic OH excluding ortho intramolecular Hbond substituents is 1. The van der Waals surface area contributed by atoms with E-state index in [1.165, 1.54) is 19.3 Å². The molecule has 0 spiro atoms. The molecule has 0 aromatic heterocycles. The Morgan fingerprint density at radius 3 is 2.69 bits per heavy atom. The van der Waals surface area contributed by atoms with E-state index in [4.69, 9.17) is 0 Å². The molecule has 1 aliphatic rings. The van der Waals surface area contributed by atoms with Crippen molar-refractivity contribution in [3.8, 4) is 5.75 Å². The average Bonchev–Trinajstić information content (AvgIpc) is 2.33. The molecule has 2 N–H and O–H groups in total. The molecule has 0 aliphatic carbocycles. The van der Waals surface area contributed by atoms with Gasteiger partial charge in [-0.05, 0) is 44.1 Å². The van der Waals surface area contributed by atoms with Gasteiger partial charge in [0.25, 0.3) is 0 Å². The summed E-state index contributed by atoms with van der Waals surface area (Å²) in [5.74, 6) is 0.407. The molecule has 0 radical (unpaired) electrons. The number of benzene rings is 1. The van der Waals surface area contributed by atoms with Crippen LogP contribution in [0.25, 0.3) is 0 Å². The Labute approximate surface area is 97.1 Å². The topological polar surface area (TPSA) is 35.5 Å². The van der Waals surface area contributed by atoms with E-state index in [1.54, 1.807) is 6.07 Å². The molecule has 2 rings (SSSR count). The number of aromatic hydroxyl groups is 1. The number of likely N-dealkylation sites (tertiary alicyclic amines) is 1. The average molecular weight is 220 g/mol. The fourth-order valence-electron chi connectivity index (χ4n) is 2.23. The van der Waals surface area contributed by atoms with Crippen molar-refractivity contribution in [1.29, 1.82) is 0 Å². The van der Waals surface area contributed by atoms with Crippen LogP contribution in [0.15, 0.2) is 18.2 Å². The van der Waals surface area contributed by atoms with Crippen molar-refractivity contribution in [3.05, 3.63) is 23.8 Å². The number of hydrogen-bond acceptors (Lipinski definition) is 3. The standard InChI is InChI=1S/C13H20N2O/c1-14-12-5-6-13(16)11(9-12)10-15-7-3-2-4-8-15/h5-6,9,14,16H,2-4,7-8,10H2,1H3. The molecule has 1 saturated heterocycles. The van der Waals surface area contributed by atoms with Gasteiger partial charge in [0, 0.05) is 24.8 Å². The van der Waals surface area contributed by atoms with Gasteiger partial charge in [0.05, 0.1) is 0 Å². The van der Waals surface area contributed by atoms with E-state index in [2.05, 4.69) is 10.2 Å². The van der Waals surface area contributed by atoms with Crippen molar-refractivity contribution >= 4 is 5.69 Å². The summed E-state index contributed by atoms with van der Waals surface area (Å²) in [6.45, 7) is 3.17. The largest absolute Gasteiger partial charge is 0.508 e. The summed E-state index contributed by atoms with van der Waals surface area (Å²) in [4.78, 5) is 2.41. The molecule has 3 nitrogen and oxygen atoms in total. The second-order valence-electron chi connectivity index (χ2n) is 4.43. The fourth-order valence-corrected chi connectivity index (χ4v) is 2.23. The van der Waals surface area contributed by atoms with Crippen LogP contribution in [0.3, 0.4) is 0 Å². The Bertz CT molecular complexity index is 346. The molecule has 16 heavy (non-hydrogen) atoms. The summed E-state index contributed by atoms with van der Waals surface area (Å²) >= 11 is 0. The van der Waals surface area contributed by atoms with Crippen LogP contribution in [-0.2, 0) is 6.54 Å². The minimum absolute atomic E-state index is 0.407. The third-order valence-electron chi connectivity index (χ3n) is 3.21. The van der Waals surface area contributed by atoms with Gasteiger partial charge < -0.3 is 10.4 Å². The number of rotatable bonds is 3. The summed E-state index contributed by atoms with van der Waals surface area (Å²) in [5.41, 5.74) is 2.08. The number of nitrogens with one attached hydrogen (secondary N) is 1. The molecule has 0 amide bonds. The van der Waals surface area contributed by atoms with Crippen molar-refractivity contribution < 1.29 is 5.11 Å². The zero-order chi connectivity index (χ0) is 11.4. The van der Waals surface area contributed by atoms with Crippen LogP contribution in [0, 0.1) is 0 Å². The molecular weight excluding hydrogens is 200 g/mol. The summed E-state index contributed by atoms with van der Waals surface area (Å²) in [6.07, 6.45) is 3.91. The lowest BCUT2D eigenvalue weighted by Gasteiger charge is -2.26. The first-order valence-corrected chi connectivity index (χ1v) is 6.01. The van der Waals surface area contributed by atoms with Gasteiger partial charge in [0.2, 0.25) is 0 Å². The van der Waals surface area contributed by atoms with Gasteiger partial charge in [-0.1, -0.05) is 6.42 Å². The predicted molar refractivity (Wildman–Crippen MR) is 66.8 cm³/mol. The SMILES string of the molecule is CNc1ccc(O)c(CN2CCCCC2)c1. The van der Waals surface area contributed by atoms with Gasteiger partial charge in [-0.15, -0.1) is 0 Å². The van der Waals surface area contributed by atoms with Gasteiger partial charge in [-0.2, -0.15) is 0 Å². The zero-order valence-electron chi connectivity index (χ0n) is 9.87. The highest BCUT2D eigenvalue weighted by Gasteiger charge is 2.12. The van der Waals surface area contributed by atoms with Crippen LogP contribution >= 0.6 is 0 Å². The molecular formula is C13H20N2O. The van der Waals surface area contributed by atoms with E-state index in [0.29, 0.717) is 5.75 Å². The van der Waals surface area contributed by atoms with E-state index in [1.807, 2.05) is 19.2 Å². The molecule has 1 aromatic rings. The summed E-state index contributed by atoms with van der Waals surface area (Å²) in [6, 6.07) is 5.70. The lowest BCUT2D eigenvalue weighted by Crippen LogP contribution is -2.29. The Morgan fingerprint density at radius 1 is 1.25 bits per heavy atom. The van der Waals surface area contributed by atoms with Crippen LogP contribution < -0.4 is 5.32 Å². The van der Waals surface area contributed by atoms with Crippen molar-refractivity contribution in [2.24, 2.45) is 0 Å². The number of piperidine rings is 1. The van der Waals surface area contributed by atoms with Crippen LogP contribution in [0.5, 0.6) is 5.75 Å². The van der Waals surface area contributed by atoms with E-state index < -0.39 is 0 Å². The molecule has 0 bridgehead atoms. The maximum absolute atomic E-state index is 9.81. The lowest BCUT2D eigenvalue weighted by atomic mass is 10.1. The molecule has 1 aromatic carbocycles. The van der Waals surface area contributed by atoms with Crippen molar-refractivity contribution in [1.82, 2.24) is 4.90 Å². The lowest BCUT2D eigenvalue weighted by molar-refractivity contribution is 0.218. The second kappa shape index (κ2) is 5.21. The molecule has 0 unspecified atom stereocenters. The molecule has 1 heterocycles. The van der Waals surface area contributed by atoms with Crippen LogP contribution in [-0.4, -0.2) is 30.1 Å². The normalized spacial score (nSPS) is 17.3. The Hall–Kier alpha value is -1.22. The smallest absolute Gasteiger partial charge is 0.120 e.